The van der Waals surface area contributed by atoms with Gasteiger partial charge in [0.05, 0.1) is 18.7 Å². The maximum atomic E-state index is 9.93. The monoisotopic (exact) mass is 310 g/mol. The third kappa shape index (κ3) is 1.27. The van der Waals surface area contributed by atoms with Gasteiger partial charge in [-0.2, -0.15) is 10.5 Å². The van der Waals surface area contributed by atoms with Crippen molar-refractivity contribution in [1.29, 1.82) is 10.5 Å². The Kier molecular flexibility index (Phi) is 2.64. The van der Waals surface area contributed by atoms with E-state index in [9.17, 15) is 10.5 Å². The Balaban J connectivity index is 1.80. The van der Waals surface area contributed by atoms with Crippen LogP contribution in [0.4, 0.5) is 0 Å². The smallest absolute Gasteiger partial charge is 0.230 e. The molecule has 1 aromatic rings. The minimum absolute atomic E-state index is 0.180. The summed E-state index contributed by atoms with van der Waals surface area (Å²) in [6, 6.07) is 14.6. The summed E-state index contributed by atoms with van der Waals surface area (Å²) in [5, 5.41) is 18.7. The van der Waals surface area contributed by atoms with E-state index in [0.29, 0.717) is 13.0 Å². The summed E-state index contributed by atoms with van der Waals surface area (Å²) in [5.41, 5.74) is 5.21. The van der Waals surface area contributed by atoms with Crippen LogP contribution in [-0.2, 0) is 11.2 Å². The summed E-state index contributed by atoms with van der Waals surface area (Å²) in [5.74, 6) is 0.840. The number of ether oxygens (including phenoxy) is 1. The van der Waals surface area contributed by atoms with Crippen molar-refractivity contribution in [3.8, 4) is 12.1 Å². The first-order chi connectivity index (χ1) is 10.7. The van der Waals surface area contributed by atoms with Gasteiger partial charge < -0.3 is 10.5 Å². The third-order valence-corrected chi connectivity index (χ3v) is 6.36. The van der Waals surface area contributed by atoms with Crippen molar-refractivity contribution in [2.24, 2.45) is 27.5 Å². The highest BCUT2D eigenvalue weighted by molar-refractivity contribution is 8.00. The van der Waals surface area contributed by atoms with E-state index in [-0.39, 0.29) is 11.8 Å². The Hall–Kier alpha value is -2.02. The summed E-state index contributed by atoms with van der Waals surface area (Å²) in [4.78, 5) is 4.42. The van der Waals surface area contributed by atoms with Crippen molar-refractivity contribution in [2.75, 3.05) is 12.4 Å². The quantitative estimate of drug-likeness (QED) is 0.896. The molecule has 4 atom stereocenters. The van der Waals surface area contributed by atoms with Crippen LogP contribution in [0.15, 0.2) is 35.3 Å². The second-order valence-electron chi connectivity index (χ2n) is 5.86. The molecule has 22 heavy (non-hydrogen) atoms. The van der Waals surface area contributed by atoms with E-state index >= 15 is 0 Å². The van der Waals surface area contributed by atoms with E-state index in [4.69, 9.17) is 10.5 Å². The minimum Gasteiger partial charge on any atom is -0.386 e. The summed E-state index contributed by atoms with van der Waals surface area (Å²) in [7, 11) is 0. The fraction of sp³-hybridized carbons (Fsp3) is 0.438. The van der Waals surface area contributed by atoms with Crippen LogP contribution in [-0.4, -0.2) is 23.3 Å². The van der Waals surface area contributed by atoms with Gasteiger partial charge in [0.2, 0.25) is 5.06 Å². The van der Waals surface area contributed by atoms with E-state index in [2.05, 4.69) is 17.1 Å². The molecule has 2 N–H and O–H groups in total. The van der Waals surface area contributed by atoms with Gasteiger partial charge in [0.1, 0.15) is 16.7 Å². The van der Waals surface area contributed by atoms with Gasteiger partial charge >= 0.3 is 0 Å². The van der Waals surface area contributed by atoms with Crippen molar-refractivity contribution < 1.29 is 4.74 Å². The molecule has 3 aliphatic rings. The summed E-state index contributed by atoms with van der Waals surface area (Å²) in [6.45, 7) is 0.532. The molecular formula is C16H14N4OS. The second kappa shape index (κ2) is 4.25. The lowest BCUT2D eigenvalue weighted by atomic mass is 9.95. The predicted octanol–water partition coefficient (Wildman–Crippen LogP) is 1.67. The molecule has 1 aromatic carbocycles. The second-order valence-corrected chi connectivity index (χ2v) is 7.11. The molecule has 1 saturated heterocycles. The van der Waals surface area contributed by atoms with Gasteiger partial charge in [0.15, 0.2) is 0 Å². The van der Waals surface area contributed by atoms with E-state index in [0.717, 1.165) is 11.3 Å². The van der Waals surface area contributed by atoms with Crippen molar-refractivity contribution >= 4 is 17.6 Å². The number of rotatable bonds is 2. The number of aliphatic imine (C=N–C) groups is 1. The molecule has 0 radical (unpaired) electrons. The van der Waals surface area contributed by atoms with Crippen molar-refractivity contribution in [3.63, 3.8) is 0 Å². The average molecular weight is 310 g/mol. The molecule has 0 bridgehead atoms. The fourth-order valence-electron chi connectivity index (χ4n) is 4.05. The minimum atomic E-state index is -1.02. The van der Waals surface area contributed by atoms with Gasteiger partial charge in [-0.15, -0.1) is 0 Å². The Bertz CT molecular complexity index is 744. The van der Waals surface area contributed by atoms with E-state index < -0.39 is 15.9 Å². The largest absolute Gasteiger partial charge is 0.386 e. The van der Waals surface area contributed by atoms with Gasteiger partial charge in [-0.1, -0.05) is 42.1 Å². The highest BCUT2D eigenvalue weighted by Crippen LogP contribution is 2.81. The lowest BCUT2D eigenvalue weighted by Crippen LogP contribution is -2.34. The van der Waals surface area contributed by atoms with Crippen molar-refractivity contribution in [3.05, 3.63) is 35.9 Å². The first kappa shape index (κ1) is 13.6. The molecule has 6 heteroatoms. The molecule has 1 spiro atoms. The number of nitrogens with two attached hydrogens (primary N) is 1. The van der Waals surface area contributed by atoms with Crippen molar-refractivity contribution in [1.82, 2.24) is 0 Å². The number of nitrogens with zero attached hydrogens (tertiary/aromatic N) is 3. The predicted molar refractivity (Wildman–Crippen MR) is 82.5 cm³/mol. The highest BCUT2D eigenvalue weighted by Gasteiger charge is 2.92. The fourth-order valence-corrected chi connectivity index (χ4v) is 5.40. The van der Waals surface area contributed by atoms with E-state index in [1.807, 2.05) is 30.3 Å². The van der Waals surface area contributed by atoms with Crippen LogP contribution in [0, 0.1) is 39.4 Å². The molecule has 0 unspecified atom stereocenters. The van der Waals surface area contributed by atoms with Gasteiger partial charge in [0, 0.05) is 11.7 Å². The van der Waals surface area contributed by atoms with Gasteiger partial charge in [-0.25, -0.2) is 4.99 Å². The maximum Gasteiger partial charge on any atom is 0.230 e. The molecule has 1 aliphatic carbocycles. The Morgan fingerprint density at radius 3 is 2.68 bits per heavy atom. The third-order valence-electron chi connectivity index (χ3n) is 5.07. The molecular weight excluding hydrogens is 296 g/mol. The van der Waals surface area contributed by atoms with Gasteiger partial charge in [-0.05, 0) is 12.0 Å². The molecule has 0 aromatic heterocycles. The molecule has 2 heterocycles. The summed E-state index contributed by atoms with van der Waals surface area (Å²) < 4.78 is 5.84. The normalized spacial score (nSPS) is 41.5. The van der Waals surface area contributed by atoms with Gasteiger partial charge in [-0.3, -0.25) is 0 Å². The molecule has 2 aliphatic heterocycles. The number of fused-ring (bicyclic) bond motifs is 2. The number of nitriles is 2. The van der Waals surface area contributed by atoms with Crippen LogP contribution in [0.2, 0.25) is 0 Å². The van der Waals surface area contributed by atoms with Crippen LogP contribution in [0.25, 0.3) is 0 Å². The number of amidine groups is 1. The summed E-state index contributed by atoms with van der Waals surface area (Å²) >= 11 is 1.49. The zero-order chi connectivity index (χ0) is 15.4. The van der Waals surface area contributed by atoms with Crippen LogP contribution in [0.5, 0.6) is 0 Å². The van der Waals surface area contributed by atoms with Crippen LogP contribution in [0.3, 0.4) is 0 Å². The topological polar surface area (TPSA) is 95.2 Å². The average Bonchev–Trinajstić information content (AvgIpc) is 2.81. The summed E-state index contributed by atoms with van der Waals surface area (Å²) in [6.07, 6.45) is 0.629. The zero-order valence-corrected chi connectivity index (χ0v) is 12.6. The van der Waals surface area contributed by atoms with Crippen LogP contribution >= 0.6 is 11.8 Å². The molecule has 0 amide bonds. The van der Waals surface area contributed by atoms with E-state index in [1.165, 1.54) is 11.8 Å². The number of benzene rings is 1. The maximum absolute atomic E-state index is 9.93. The molecule has 110 valence electrons. The Morgan fingerprint density at radius 2 is 2.09 bits per heavy atom. The van der Waals surface area contributed by atoms with Gasteiger partial charge in [0.25, 0.3) is 0 Å². The number of hydrogen-bond donors (Lipinski definition) is 1. The lowest BCUT2D eigenvalue weighted by molar-refractivity contribution is 0.0168. The van der Waals surface area contributed by atoms with Crippen LogP contribution in [0.1, 0.15) is 5.56 Å². The number of thioether (sulfide) groups is 1. The highest BCUT2D eigenvalue weighted by atomic mass is 32.2. The van der Waals surface area contributed by atoms with Crippen molar-refractivity contribution in [2.45, 2.75) is 11.5 Å². The Morgan fingerprint density at radius 1 is 1.32 bits per heavy atom. The zero-order valence-electron chi connectivity index (χ0n) is 11.8. The lowest BCUT2D eigenvalue weighted by Gasteiger charge is -2.26. The molecule has 5 nitrogen and oxygen atoms in total. The first-order valence-corrected chi connectivity index (χ1v) is 8.15. The molecule has 1 saturated carbocycles. The molecule has 4 rings (SSSR count). The van der Waals surface area contributed by atoms with E-state index in [1.54, 1.807) is 0 Å². The SMILES string of the molecule is N#C[C@]12[C@H](Cc3ccccc3)[C@@]1(C#N)C(N)=N[C@]21OCCS1. The first-order valence-electron chi connectivity index (χ1n) is 7.17. The Labute approximate surface area is 132 Å². The standard InChI is InChI=1S/C16H14N4OS/c17-9-14-12(8-11-4-2-1-3-5-11)15(14,10-18)16(20-13(14)19)21-6-7-22-16/h1-5,12H,6-8H2,(H2,19,20)/t12-,14+,15+,16+/m1/s1. The molecule has 2 fully saturated rings. The number of hydrogen-bond acceptors (Lipinski definition) is 6. The van der Waals surface area contributed by atoms with Crippen LogP contribution < -0.4 is 5.73 Å².